The Morgan fingerprint density at radius 2 is 2.14 bits per heavy atom. The highest BCUT2D eigenvalue weighted by Gasteiger charge is 2.24. The van der Waals surface area contributed by atoms with Gasteiger partial charge >= 0.3 is 5.97 Å². The summed E-state index contributed by atoms with van der Waals surface area (Å²) < 4.78 is 9.85. The second kappa shape index (κ2) is 3.14. The van der Waals surface area contributed by atoms with Crippen molar-refractivity contribution in [2.75, 3.05) is 7.11 Å². The lowest BCUT2D eigenvalue weighted by molar-refractivity contribution is -0.133. The van der Waals surface area contributed by atoms with Gasteiger partial charge in [-0.15, -0.1) is 0 Å². The van der Waals surface area contributed by atoms with Gasteiger partial charge in [-0.05, 0) is 12.1 Å². The molecule has 0 radical (unpaired) electrons. The van der Waals surface area contributed by atoms with E-state index in [1.165, 1.54) is 13.2 Å². The molecule has 0 aromatic heterocycles. The second-order valence-corrected chi connectivity index (χ2v) is 2.94. The number of hydrogen-bond donors (Lipinski definition) is 0. The second-order valence-electron chi connectivity index (χ2n) is 2.94. The van der Waals surface area contributed by atoms with Crippen molar-refractivity contribution < 1.29 is 19.1 Å². The number of ether oxygens (including phenoxy) is 2. The van der Waals surface area contributed by atoms with Gasteiger partial charge in [-0.2, -0.15) is 0 Å². The van der Waals surface area contributed by atoms with E-state index in [4.69, 9.17) is 9.47 Å². The highest BCUT2D eigenvalue weighted by Crippen LogP contribution is 2.29. The van der Waals surface area contributed by atoms with Crippen molar-refractivity contribution in [1.29, 1.82) is 0 Å². The molecule has 0 saturated carbocycles. The normalized spacial score (nSPS) is 14.6. The first kappa shape index (κ1) is 8.74. The van der Waals surface area contributed by atoms with Crippen LogP contribution in [-0.4, -0.2) is 18.9 Å². The molecule has 1 aliphatic heterocycles. The molecule has 1 heterocycles. The van der Waals surface area contributed by atoms with E-state index in [0.717, 1.165) is 0 Å². The molecular formula is C10H8O4. The average Bonchev–Trinajstić information content (AvgIpc) is 2.16. The predicted octanol–water partition coefficient (Wildman–Crippen LogP) is 1.19. The minimum atomic E-state index is -0.518. The fourth-order valence-corrected chi connectivity index (χ4v) is 1.33. The van der Waals surface area contributed by atoms with Crippen molar-refractivity contribution in [3.63, 3.8) is 0 Å². The first-order valence-electron chi connectivity index (χ1n) is 4.12. The largest absolute Gasteiger partial charge is 0.497 e. The van der Waals surface area contributed by atoms with Crippen LogP contribution in [-0.2, 0) is 4.79 Å². The number of methoxy groups -OCH3 is 1. The van der Waals surface area contributed by atoms with E-state index in [2.05, 4.69) is 0 Å². The monoisotopic (exact) mass is 192 g/mol. The van der Waals surface area contributed by atoms with Crippen molar-refractivity contribution in [2.45, 2.75) is 6.42 Å². The average molecular weight is 192 g/mol. The summed E-state index contributed by atoms with van der Waals surface area (Å²) in [4.78, 5) is 22.3. The van der Waals surface area contributed by atoms with Gasteiger partial charge in [0.2, 0.25) is 0 Å². The Labute approximate surface area is 80.4 Å². The minimum Gasteiger partial charge on any atom is -0.497 e. The number of benzene rings is 1. The lowest BCUT2D eigenvalue weighted by Gasteiger charge is -2.14. The van der Waals surface area contributed by atoms with E-state index in [9.17, 15) is 9.59 Å². The lowest BCUT2D eigenvalue weighted by atomic mass is 10.0. The highest BCUT2D eigenvalue weighted by molar-refractivity contribution is 6.10. The van der Waals surface area contributed by atoms with Crippen LogP contribution in [0, 0.1) is 0 Å². The van der Waals surface area contributed by atoms with E-state index >= 15 is 0 Å². The van der Waals surface area contributed by atoms with Crippen molar-refractivity contribution >= 4 is 11.8 Å². The van der Waals surface area contributed by atoms with E-state index in [1.807, 2.05) is 0 Å². The number of fused-ring (bicyclic) bond motifs is 1. The molecule has 4 nitrogen and oxygen atoms in total. The van der Waals surface area contributed by atoms with E-state index in [1.54, 1.807) is 12.1 Å². The predicted molar refractivity (Wildman–Crippen MR) is 47.6 cm³/mol. The Hall–Kier alpha value is -1.84. The number of esters is 1. The molecule has 2 rings (SSSR count). The van der Waals surface area contributed by atoms with Crippen molar-refractivity contribution in [1.82, 2.24) is 0 Å². The summed E-state index contributed by atoms with van der Waals surface area (Å²) >= 11 is 0. The van der Waals surface area contributed by atoms with Crippen molar-refractivity contribution in [3.8, 4) is 11.5 Å². The summed E-state index contributed by atoms with van der Waals surface area (Å²) in [5.74, 6) is 0.117. The molecule has 0 amide bonds. The van der Waals surface area contributed by atoms with Crippen LogP contribution in [0.15, 0.2) is 18.2 Å². The Morgan fingerprint density at radius 1 is 1.36 bits per heavy atom. The number of carbonyl (C=O) groups excluding carboxylic acids is 2. The first-order valence-corrected chi connectivity index (χ1v) is 4.12. The molecule has 0 unspecified atom stereocenters. The Kier molecular flexibility index (Phi) is 1.96. The maximum absolute atomic E-state index is 11.4. The topological polar surface area (TPSA) is 52.6 Å². The lowest BCUT2D eigenvalue weighted by Crippen LogP contribution is -2.21. The van der Waals surface area contributed by atoms with Crippen LogP contribution >= 0.6 is 0 Å². The van der Waals surface area contributed by atoms with Crippen LogP contribution in [0.2, 0.25) is 0 Å². The number of Topliss-reactive ketones (excluding diaryl/α,β-unsaturated/α-hetero) is 1. The van der Waals surface area contributed by atoms with Gasteiger partial charge in [0, 0.05) is 6.07 Å². The first-order chi connectivity index (χ1) is 6.70. The zero-order valence-corrected chi connectivity index (χ0v) is 7.57. The van der Waals surface area contributed by atoms with E-state index in [-0.39, 0.29) is 18.0 Å². The number of rotatable bonds is 1. The Bertz CT molecular complexity index is 409. The molecule has 0 fully saturated rings. The third-order valence-corrected chi connectivity index (χ3v) is 2.02. The molecule has 0 atom stereocenters. The molecule has 0 N–H and O–H groups in total. The number of ketones is 1. The van der Waals surface area contributed by atoms with Crippen molar-refractivity contribution in [2.24, 2.45) is 0 Å². The molecule has 1 aliphatic rings. The van der Waals surface area contributed by atoms with Gasteiger partial charge in [-0.25, -0.2) is 0 Å². The SMILES string of the molecule is COc1ccc2c(c1)OC(=O)CC2=O. The maximum Gasteiger partial charge on any atom is 0.319 e. The van der Waals surface area contributed by atoms with E-state index < -0.39 is 5.97 Å². The molecule has 4 heteroatoms. The Balaban J connectivity index is 2.49. The van der Waals surface area contributed by atoms with Gasteiger partial charge in [0.1, 0.15) is 17.9 Å². The van der Waals surface area contributed by atoms with Crippen LogP contribution < -0.4 is 9.47 Å². The molecular weight excluding hydrogens is 184 g/mol. The molecule has 1 aromatic rings. The van der Waals surface area contributed by atoms with Crippen LogP contribution in [0.3, 0.4) is 0 Å². The molecule has 0 spiro atoms. The molecule has 0 aliphatic carbocycles. The fraction of sp³-hybridized carbons (Fsp3) is 0.200. The number of carbonyl (C=O) groups is 2. The minimum absolute atomic E-state index is 0.181. The summed E-state index contributed by atoms with van der Waals surface area (Å²) in [5.41, 5.74) is 0.436. The summed E-state index contributed by atoms with van der Waals surface area (Å²) in [6.45, 7) is 0. The fourth-order valence-electron chi connectivity index (χ4n) is 1.33. The maximum atomic E-state index is 11.4. The van der Waals surface area contributed by atoms with Crippen LogP contribution in [0.1, 0.15) is 16.8 Å². The van der Waals surface area contributed by atoms with E-state index in [0.29, 0.717) is 11.3 Å². The standard InChI is InChI=1S/C10H8O4/c1-13-6-2-3-7-8(11)5-10(12)14-9(7)4-6/h2-4H,5H2,1H3. The molecule has 72 valence electrons. The zero-order valence-electron chi connectivity index (χ0n) is 7.57. The van der Waals surface area contributed by atoms with Crippen LogP contribution in [0.25, 0.3) is 0 Å². The summed E-state index contributed by atoms with van der Waals surface area (Å²) in [5, 5.41) is 0. The summed E-state index contributed by atoms with van der Waals surface area (Å²) in [6.07, 6.45) is -0.181. The Morgan fingerprint density at radius 3 is 2.86 bits per heavy atom. The van der Waals surface area contributed by atoms with Gasteiger partial charge in [0.25, 0.3) is 0 Å². The van der Waals surface area contributed by atoms with Gasteiger partial charge in [0.05, 0.1) is 12.7 Å². The molecule has 0 saturated heterocycles. The molecule has 0 bridgehead atoms. The zero-order chi connectivity index (χ0) is 10.1. The molecule has 14 heavy (non-hydrogen) atoms. The van der Waals surface area contributed by atoms with Gasteiger partial charge in [-0.3, -0.25) is 9.59 Å². The van der Waals surface area contributed by atoms with Gasteiger partial charge in [0.15, 0.2) is 5.78 Å². The molecule has 1 aromatic carbocycles. The van der Waals surface area contributed by atoms with Gasteiger partial charge in [-0.1, -0.05) is 0 Å². The van der Waals surface area contributed by atoms with Crippen LogP contribution in [0.5, 0.6) is 11.5 Å². The third kappa shape index (κ3) is 1.35. The quantitative estimate of drug-likeness (QED) is 0.381. The highest BCUT2D eigenvalue weighted by atomic mass is 16.5. The van der Waals surface area contributed by atoms with Crippen molar-refractivity contribution in [3.05, 3.63) is 23.8 Å². The van der Waals surface area contributed by atoms with Gasteiger partial charge < -0.3 is 9.47 Å². The smallest absolute Gasteiger partial charge is 0.319 e. The number of hydrogen-bond acceptors (Lipinski definition) is 4. The summed E-state index contributed by atoms with van der Waals surface area (Å²) in [6, 6.07) is 4.79. The third-order valence-electron chi connectivity index (χ3n) is 2.02. The summed E-state index contributed by atoms with van der Waals surface area (Å²) in [7, 11) is 1.51. The van der Waals surface area contributed by atoms with Crippen LogP contribution in [0.4, 0.5) is 0 Å².